The van der Waals surface area contributed by atoms with Gasteiger partial charge in [0.05, 0.1) is 5.69 Å². The molecule has 2 aromatic heterocycles. The van der Waals surface area contributed by atoms with Gasteiger partial charge in [-0.15, -0.1) is 0 Å². The van der Waals surface area contributed by atoms with E-state index < -0.39 is 5.60 Å². The van der Waals surface area contributed by atoms with Gasteiger partial charge in [0, 0.05) is 19.0 Å². The average Bonchev–Trinajstić information content (AvgIpc) is 2.84. The normalized spacial score (nSPS) is 18.8. The number of carbonyl (C=O) groups excluding carboxylic acids is 1. The maximum atomic E-state index is 12.3. The lowest BCUT2D eigenvalue weighted by atomic mass is 9.97. The summed E-state index contributed by atoms with van der Waals surface area (Å²) in [5.41, 5.74) is 0.381. The number of aryl methyl sites for hydroxylation is 1. The van der Waals surface area contributed by atoms with Crippen LogP contribution in [0.1, 0.15) is 51.0 Å². The molecule has 0 aliphatic carbocycles. The van der Waals surface area contributed by atoms with Crippen LogP contribution in [0.2, 0.25) is 0 Å². The van der Waals surface area contributed by atoms with Crippen molar-refractivity contribution in [2.24, 2.45) is 0 Å². The molecule has 8 nitrogen and oxygen atoms in total. The maximum Gasteiger partial charge on any atom is 0.410 e. The molecule has 0 spiro atoms. The zero-order valence-electron chi connectivity index (χ0n) is 14.5. The Balaban J connectivity index is 1.87. The van der Waals surface area contributed by atoms with Crippen LogP contribution >= 0.6 is 0 Å². The van der Waals surface area contributed by atoms with E-state index in [0.717, 1.165) is 18.7 Å². The lowest BCUT2D eigenvalue weighted by molar-refractivity contribution is 0.0195. The Hall–Kier alpha value is -2.38. The number of rotatable bonds is 1. The number of H-pyrrole nitrogens is 1. The van der Waals surface area contributed by atoms with E-state index in [4.69, 9.17) is 4.74 Å². The van der Waals surface area contributed by atoms with Gasteiger partial charge in [-0.1, -0.05) is 0 Å². The van der Waals surface area contributed by atoms with E-state index in [0.29, 0.717) is 24.3 Å². The van der Waals surface area contributed by atoms with Crippen molar-refractivity contribution in [3.8, 4) is 0 Å². The first-order valence-electron chi connectivity index (χ1n) is 8.17. The van der Waals surface area contributed by atoms with Crippen LogP contribution in [0.5, 0.6) is 0 Å². The van der Waals surface area contributed by atoms with Crippen molar-refractivity contribution in [1.29, 1.82) is 0 Å². The molecule has 1 unspecified atom stereocenters. The third kappa shape index (κ3) is 3.13. The third-order valence-corrected chi connectivity index (χ3v) is 4.08. The van der Waals surface area contributed by atoms with Crippen molar-refractivity contribution in [3.05, 3.63) is 28.2 Å². The Kier molecular flexibility index (Phi) is 4.06. The van der Waals surface area contributed by atoms with Gasteiger partial charge in [0.25, 0.3) is 5.56 Å². The summed E-state index contributed by atoms with van der Waals surface area (Å²) in [5.74, 6) is 0.753. The number of carbonyl (C=O) groups is 1. The lowest BCUT2D eigenvalue weighted by Crippen LogP contribution is -2.42. The van der Waals surface area contributed by atoms with E-state index in [9.17, 15) is 9.59 Å². The first-order valence-corrected chi connectivity index (χ1v) is 8.17. The molecule has 8 heteroatoms. The van der Waals surface area contributed by atoms with Crippen molar-refractivity contribution in [2.75, 3.05) is 13.1 Å². The highest BCUT2D eigenvalue weighted by Gasteiger charge is 2.31. The van der Waals surface area contributed by atoms with Gasteiger partial charge in [0.2, 0.25) is 0 Å². The number of aromatic amines is 1. The van der Waals surface area contributed by atoms with Crippen LogP contribution in [0.4, 0.5) is 4.79 Å². The van der Waals surface area contributed by atoms with Crippen molar-refractivity contribution in [2.45, 2.75) is 52.1 Å². The van der Waals surface area contributed by atoms with Crippen molar-refractivity contribution >= 4 is 11.6 Å². The molecule has 3 heterocycles. The summed E-state index contributed by atoms with van der Waals surface area (Å²) >= 11 is 0. The lowest BCUT2D eigenvalue weighted by Gasteiger charge is -2.33. The number of imidazole rings is 1. The van der Waals surface area contributed by atoms with Crippen LogP contribution in [0.15, 0.2) is 11.1 Å². The first-order chi connectivity index (χ1) is 11.3. The Bertz CT molecular complexity index is 817. The zero-order chi connectivity index (χ0) is 17.5. The van der Waals surface area contributed by atoms with Gasteiger partial charge in [0.1, 0.15) is 17.8 Å². The second-order valence-electron chi connectivity index (χ2n) is 7.20. The second-order valence-corrected chi connectivity index (χ2v) is 7.20. The van der Waals surface area contributed by atoms with Gasteiger partial charge >= 0.3 is 6.09 Å². The zero-order valence-corrected chi connectivity index (χ0v) is 14.5. The van der Waals surface area contributed by atoms with E-state index in [-0.39, 0.29) is 17.6 Å². The van der Waals surface area contributed by atoms with Crippen molar-refractivity contribution in [3.63, 3.8) is 0 Å². The number of piperidine rings is 1. The number of nitrogens with one attached hydrogen (secondary N) is 1. The number of nitrogens with zero attached hydrogens (tertiary/aromatic N) is 4. The summed E-state index contributed by atoms with van der Waals surface area (Å²) in [6.07, 6.45) is 2.82. The Labute approximate surface area is 139 Å². The molecule has 1 N–H and O–H groups in total. The van der Waals surface area contributed by atoms with Crippen LogP contribution in [0.3, 0.4) is 0 Å². The molecule has 24 heavy (non-hydrogen) atoms. The molecule has 3 rings (SSSR count). The fourth-order valence-corrected chi connectivity index (χ4v) is 3.08. The van der Waals surface area contributed by atoms with E-state index >= 15 is 0 Å². The monoisotopic (exact) mass is 333 g/mol. The largest absolute Gasteiger partial charge is 0.444 e. The minimum absolute atomic E-state index is 0.0294. The summed E-state index contributed by atoms with van der Waals surface area (Å²) in [7, 11) is 0. The standard InChI is InChI=1S/C16H23N5O3/c1-10-12-14(22)17-9-18-21(12)13(19-10)11-6-5-7-20(8-11)15(23)24-16(2,3)4/h9,11H,5-8H2,1-4H3,(H,17,18,22). The van der Waals surface area contributed by atoms with Crippen LogP contribution in [0.25, 0.3) is 5.52 Å². The van der Waals surface area contributed by atoms with Gasteiger partial charge in [-0.3, -0.25) is 4.79 Å². The van der Waals surface area contributed by atoms with Gasteiger partial charge in [0.15, 0.2) is 5.52 Å². The Morgan fingerprint density at radius 2 is 2.17 bits per heavy atom. The van der Waals surface area contributed by atoms with Gasteiger partial charge in [-0.2, -0.15) is 5.10 Å². The highest BCUT2D eigenvalue weighted by atomic mass is 16.6. The second kappa shape index (κ2) is 5.92. The molecule has 0 bridgehead atoms. The van der Waals surface area contributed by atoms with E-state index in [2.05, 4.69) is 15.1 Å². The summed E-state index contributed by atoms with van der Waals surface area (Å²) in [6, 6.07) is 0. The highest BCUT2D eigenvalue weighted by molar-refractivity contribution is 5.68. The molecule has 0 radical (unpaired) electrons. The van der Waals surface area contributed by atoms with Gasteiger partial charge in [-0.05, 0) is 40.5 Å². The molecular formula is C16H23N5O3. The molecule has 130 valence electrons. The molecule has 1 aliphatic heterocycles. The number of ether oxygens (including phenoxy) is 1. The molecule has 0 saturated carbocycles. The molecule has 1 amide bonds. The number of aromatic nitrogens is 4. The smallest absolute Gasteiger partial charge is 0.410 e. The fourth-order valence-electron chi connectivity index (χ4n) is 3.08. The topological polar surface area (TPSA) is 92.6 Å². The van der Waals surface area contributed by atoms with Crippen LogP contribution in [0, 0.1) is 6.92 Å². The molecular weight excluding hydrogens is 310 g/mol. The molecule has 2 aromatic rings. The van der Waals surface area contributed by atoms with Crippen LogP contribution < -0.4 is 5.56 Å². The number of fused-ring (bicyclic) bond motifs is 1. The fraction of sp³-hybridized carbons (Fsp3) is 0.625. The summed E-state index contributed by atoms with van der Waals surface area (Å²) < 4.78 is 7.06. The number of likely N-dealkylation sites (tertiary alicyclic amines) is 1. The van der Waals surface area contributed by atoms with Crippen molar-refractivity contribution < 1.29 is 9.53 Å². The van der Waals surface area contributed by atoms with Gasteiger partial charge in [-0.25, -0.2) is 14.3 Å². The maximum absolute atomic E-state index is 12.3. The number of hydrogen-bond acceptors (Lipinski definition) is 5. The molecule has 1 saturated heterocycles. The summed E-state index contributed by atoms with van der Waals surface area (Å²) in [4.78, 5) is 33.1. The van der Waals surface area contributed by atoms with E-state index in [1.54, 1.807) is 16.3 Å². The van der Waals surface area contributed by atoms with Crippen LogP contribution in [-0.4, -0.2) is 49.3 Å². The quantitative estimate of drug-likeness (QED) is 0.859. The molecule has 0 aromatic carbocycles. The van der Waals surface area contributed by atoms with Gasteiger partial charge < -0.3 is 14.6 Å². The van der Waals surface area contributed by atoms with Crippen molar-refractivity contribution in [1.82, 2.24) is 24.5 Å². The third-order valence-electron chi connectivity index (χ3n) is 4.08. The highest BCUT2D eigenvalue weighted by Crippen LogP contribution is 2.27. The minimum atomic E-state index is -0.518. The Morgan fingerprint density at radius 3 is 2.88 bits per heavy atom. The Morgan fingerprint density at radius 1 is 1.42 bits per heavy atom. The van der Waals surface area contributed by atoms with E-state index in [1.165, 1.54) is 6.33 Å². The molecule has 1 atom stereocenters. The SMILES string of the molecule is Cc1nc(C2CCCN(C(=O)OC(C)(C)C)C2)n2nc[nH]c(=O)c12. The number of hydrogen-bond donors (Lipinski definition) is 1. The summed E-state index contributed by atoms with van der Waals surface area (Å²) in [5, 5.41) is 4.23. The minimum Gasteiger partial charge on any atom is -0.444 e. The first kappa shape index (κ1) is 16.5. The van der Waals surface area contributed by atoms with Crippen LogP contribution in [-0.2, 0) is 4.74 Å². The predicted octanol–water partition coefficient (Wildman–Crippen LogP) is 1.84. The predicted molar refractivity (Wildman–Crippen MR) is 88.1 cm³/mol. The summed E-state index contributed by atoms with van der Waals surface area (Å²) in [6.45, 7) is 8.55. The molecule has 1 aliphatic rings. The average molecular weight is 333 g/mol. The van der Waals surface area contributed by atoms with E-state index in [1.807, 2.05) is 20.8 Å². The number of amides is 1. The molecule has 1 fully saturated rings.